The van der Waals surface area contributed by atoms with Crippen LogP contribution in [0.4, 0.5) is 0 Å². The number of hydrogen-bond donors (Lipinski definition) is 0. The molecule has 0 atom stereocenters. The molecule has 0 rings (SSSR count). The molecule has 0 aliphatic heterocycles. The Morgan fingerprint density at radius 3 is 1.48 bits per heavy atom. The van der Waals surface area contributed by atoms with Crippen LogP contribution in [-0.4, -0.2) is 33.3 Å². The molecule has 0 aliphatic rings. The zero-order chi connectivity index (χ0) is 16.2. The van der Waals surface area contributed by atoms with Crippen LogP contribution in [0.15, 0.2) is 0 Å². The summed E-state index contributed by atoms with van der Waals surface area (Å²) in [5, 5.41) is 0. The second kappa shape index (κ2) is 11.8. The van der Waals surface area contributed by atoms with Crippen LogP contribution in [0.5, 0.6) is 0 Å². The van der Waals surface area contributed by atoms with Crippen molar-refractivity contribution in [1.82, 2.24) is 0 Å². The zero-order valence-corrected chi connectivity index (χ0v) is 15.5. The first kappa shape index (κ1) is 21.3. The summed E-state index contributed by atoms with van der Waals surface area (Å²) in [6.07, 6.45) is 5.65. The first-order chi connectivity index (χ1) is 9.95. The van der Waals surface area contributed by atoms with Gasteiger partial charge in [0.1, 0.15) is 0 Å². The van der Waals surface area contributed by atoms with Crippen LogP contribution in [0.25, 0.3) is 0 Å². The molecule has 0 radical (unpaired) electrons. The summed E-state index contributed by atoms with van der Waals surface area (Å²) in [5.41, 5.74) is 0. The maximum Gasteiger partial charge on any atom is 0.342 e. The average molecular weight is 344 g/mol. The Morgan fingerprint density at radius 2 is 1.14 bits per heavy atom. The lowest BCUT2D eigenvalue weighted by molar-refractivity contribution is 0.198. The lowest BCUT2D eigenvalue weighted by atomic mass is 10.3. The van der Waals surface area contributed by atoms with Crippen LogP contribution >= 0.6 is 15.2 Å². The summed E-state index contributed by atoms with van der Waals surface area (Å²) in [4.78, 5) is 0. The van der Waals surface area contributed by atoms with Crippen LogP contribution in [0.1, 0.15) is 52.4 Å². The molecule has 128 valence electrons. The van der Waals surface area contributed by atoms with Crippen molar-refractivity contribution in [2.75, 3.05) is 33.3 Å². The van der Waals surface area contributed by atoms with Crippen molar-refractivity contribution in [3.05, 3.63) is 0 Å². The summed E-state index contributed by atoms with van der Waals surface area (Å²) in [7, 11) is -4.36. The van der Waals surface area contributed by atoms with Crippen LogP contribution < -0.4 is 0 Å². The maximum atomic E-state index is 12.7. The lowest BCUT2D eigenvalue weighted by Crippen LogP contribution is -2.05. The van der Waals surface area contributed by atoms with Gasteiger partial charge in [-0.2, -0.15) is 0 Å². The summed E-state index contributed by atoms with van der Waals surface area (Å²) >= 11 is 0. The van der Waals surface area contributed by atoms with Crippen molar-refractivity contribution in [3.8, 4) is 0 Å². The van der Waals surface area contributed by atoms with Gasteiger partial charge in [0.15, 0.2) is 5.90 Å². The quantitative estimate of drug-likeness (QED) is 0.325. The number of hydrogen-bond acceptors (Lipinski definition) is 6. The molecule has 0 aromatic rings. The fraction of sp³-hybridized carbons (Fsp3) is 1.00. The topological polar surface area (TPSA) is 71.1 Å². The third kappa shape index (κ3) is 9.83. The van der Waals surface area contributed by atoms with Gasteiger partial charge in [0.25, 0.3) is 0 Å². The SMILES string of the molecule is CCCCCOP(=O)(CP(=O)(OC)OC)OCCCCC. The molecule has 0 heterocycles. The van der Waals surface area contributed by atoms with E-state index >= 15 is 0 Å². The standard InChI is InChI=1S/C13H30O6P2/c1-5-7-9-11-18-21(15,19-12-10-8-6-2)13-20(14,16-3)17-4/h5-13H2,1-4H3. The van der Waals surface area contributed by atoms with E-state index in [-0.39, 0.29) is 5.90 Å². The molecule has 0 saturated carbocycles. The van der Waals surface area contributed by atoms with Crippen molar-refractivity contribution in [3.63, 3.8) is 0 Å². The molecule has 0 aliphatic carbocycles. The Bertz CT molecular complexity index is 324. The second-order valence-corrected chi connectivity index (χ2v) is 9.63. The van der Waals surface area contributed by atoms with E-state index in [9.17, 15) is 9.13 Å². The zero-order valence-electron chi connectivity index (χ0n) is 13.7. The van der Waals surface area contributed by atoms with Gasteiger partial charge in [-0.1, -0.05) is 39.5 Å². The molecular formula is C13H30O6P2. The highest BCUT2D eigenvalue weighted by atomic mass is 31.2. The average Bonchev–Trinajstić information content (AvgIpc) is 2.48. The minimum atomic E-state index is -3.47. The second-order valence-electron chi connectivity index (χ2n) is 4.81. The van der Waals surface area contributed by atoms with E-state index in [0.717, 1.165) is 38.5 Å². The minimum Gasteiger partial charge on any atom is -0.311 e. The maximum absolute atomic E-state index is 12.7. The fourth-order valence-electron chi connectivity index (χ4n) is 1.63. The molecule has 0 saturated heterocycles. The van der Waals surface area contributed by atoms with Gasteiger partial charge >= 0.3 is 15.2 Å². The number of rotatable bonds is 14. The monoisotopic (exact) mass is 344 g/mol. The molecule has 0 fully saturated rings. The lowest BCUT2D eigenvalue weighted by Gasteiger charge is -2.22. The third-order valence-corrected chi connectivity index (χ3v) is 8.01. The molecule has 8 heteroatoms. The fourth-order valence-corrected chi connectivity index (χ4v) is 5.94. The first-order valence-corrected chi connectivity index (χ1v) is 11.0. The minimum absolute atomic E-state index is 0.326. The summed E-state index contributed by atoms with van der Waals surface area (Å²) < 4.78 is 45.4. The van der Waals surface area contributed by atoms with E-state index in [4.69, 9.17) is 18.1 Å². The number of unbranched alkanes of at least 4 members (excludes halogenated alkanes) is 4. The Labute approximate surface area is 128 Å². The summed E-state index contributed by atoms with van der Waals surface area (Å²) in [5.74, 6) is -0.342. The Morgan fingerprint density at radius 1 is 0.714 bits per heavy atom. The third-order valence-electron chi connectivity index (χ3n) is 2.97. The molecule has 0 N–H and O–H groups in total. The van der Waals surface area contributed by atoms with E-state index in [0.29, 0.717) is 13.2 Å². The van der Waals surface area contributed by atoms with Crippen molar-refractivity contribution in [1.29, 1.82) is 0 Å². The van der Waals surface area contributed by atoms with Crippen molar-refractivity contribution < 1.29 is 27.2 Å². The van der Waals surface area contributed by atoms with E-state index in [1.165, 1.54) is 14.2 Å². The van der Waals surface area contributed by atoms with E-state index in [1.54, 1.807) is 0 Å². The molecule has 0 bridgehead atoms. The molecule has 21 heavy (non-hydrogen) atoms. The van der Waals surface area contributed by atoms with Gasteiger partial charge < -0.3 is 18.1 Å². The Balaban J connectivity index is 4.57. The van der Waals surface area contributed by atoms with Gasteiger partial charge in [-0.05, 0) is 12.8 Å². The Kier molecular flexibility index (Phi) is 12.0. The van der Waals surface area contributed by atoms with E-state index in [2.05, 4.69) is 13.8 Å². The summed E-state index contributed by atoms with van der Waals surface area (Å²) in [6.45, 7) is 4.80. The van der Waals surface area contributed by atoms with Crippen molar-refractivity contribution >= 4 is 15.2 Å². The van der Waals surface area contributed by atoms with Gasteiger partial charge in [0.2, 0.25) is 0 Å². The van der Waals surface area contributed by atoms with E-state index < -0.39 is 15.2 Å². The summed E-state index contributed by atoms with van der Waals surface area (Å²) in [6, 6.07) is 0. The van der Waals surface area contributed by atoms with Gasteiger partial charge in [-0.15, -0.1) is 0 Å². The van der Waals surface area contributed by atoms with Crippen LogP contribution in [0.3, 0.4) is 0 Å². The molecule has 0 aromatic carbocycles. The smallest absolute Gasteiger partial charge is 0.311 e. The normalized spacial score (nSPS) is 12.8. The highest BCUT2D eigenvalue weighted by Crippen LogP contribution is 2.63. The molecule has 0 unspecified atom stereocenters. The predicted molar refractivity (Wildman–Crippen MR) is 85.1 cm³/mol. The molecule has 0 aromatic heterocycles. The molecule has 6 nitrogen and oxygen atoms in total. The van der Waals surface area contributed by atoms with Crippen LogP contribution in [0, 0.1) is 0 Å². The van der Waals surface area contributed by atoms with Gasteiger partial charge in [0, 0.05) is 14.2 Å². The predicted octanol–water partition coefficient (Wildman–Crippen LogP) is 5.04. The van der Waals surface area contributed by atoms with Gasteiger partial charge in [-0.3, -0.25) is 9.13 Å². The molecular weight excluding hydrogens is 314 g/mol. The molecule has 0 spiro atoms. The van der Waals surface area contributed by atoms with Gasteiger partial charge in [-0.25, -0.2) is 0 Å². The van der Waals surface area contributed by atoms with E-state index in [1.807, 2.05) is 0 Å². The highest BCUT2D eigenvalue weighted by molar-refractivity contribution is 7.71. The van der Waals surface area contributed by atoms with Crippen molar-refractivity contribution in [2.24, 2.45) is 0 Å². The first-order valence-electron chi connectivity index (χ1n) is 7.54. The highest BCUT2D eigenvalue weighted by Gasteiger charge is 2.37. The molecule has 0 amide bonds. The van der Waals surface area contributed by atoms with Crippen LogP contribution in [-0.2, 0) is 27.2 Å². The Hall–Kier alpha value is 0.300. The largest absolute Gasteiger partial charge is 0.342 e. The van der Waals surface area contributed by atoms with Gasteiger partial charge in [0.05, 0.1) is 13.2 Å². The van der Waals surface area contributed by atoms with Crippen molar-refractivity contribution in [2.45, 2.75) is 52.4 Å². The van der Waals surface area contributed by atoms with Crippen LogP contribution in [0.2, 0.25) is 0 Å².